The summed E-state index contributed by atoms with van der Waals surface area (Å²) in [6, 6.07) is 17.6. The van der Waals surface area contributed by atoms with Crippen molar-refractivity contribution in [3.05, 3.63) is 48.5 Å². The van der Waals surface area contributed by atoms with E-state index in [1.807, 2.05) is 11.8 Å². The van der Waals surface area contributed by atoms with Gasteiger partial charge in [0, 0.05) is 42.5 Å². The highest BCUT2D eigenvalue weighted by Gasteiger charge is 2.22. The van der Waals surface area contributed by atoms with Gasteiger partial charge in [0.2, 0.25) is 0 Å². The highest BCUT2D eigenvalue weighted by molar-refractivity contribution is 7.99. The summed E-state index contributed by atoms with van der Waals surface area (Å²) in [6.45, 7) is 7.29. The molecule has 4 rings (SSSR count). The number of likely N-dealkylation sites (N-methyl/N-ethyl adjacent to an activating group) is 1. The van der Waals surface area contributed by atoms with Crippen molar-refractivity contribution in [2.24, 2.45) is 0 Å². The fraction of sp³-hybridized carbons (Fsp3) is 0.455. The molecule has 0 amide bonds. The Hall–Kier alpha value is -1.49. The van der Waals surface area contributed by atoms with Crippen molar-refractivity contribution in [3.63, 3.8) is 0 Å². The zero-order valence-electron chi connectivity index (χ0n) is 15.7. The quantitative estimate of drug-likeness (QED) is 0.684. The van der Waals surface area contributed by atoms with Crippen molar-refractivity contribution in [1.29, 1.82) is 0 Å². The summed E-state index contributed by atoms with van der Waals surface area (Å²) in [7, 11) is 2.23. The van der Waals surface area contributed by atoms with Crippen LogP contribution in [0.3, 0.4) is 0 Å². The number of anilines is 2. The summed E-state index contributed by atoms with van der Waals surface area (Å²) in [5.41, 5.74) is 2.74. The van der Waals surface area contributed by atoms with Gasteiger partial charge in [-0.05, 0) is 50.7 Å². The Bertz CT molecular complexity index is 679. The molecule has 0 radical (unpaired) electrons. The zero-order chi connectivity index (χ0) is 17.8. The molecule has 1 fully saturated rings. The third-order valence-electron chi connectivity index (χ3n) is 5.48. The van der Waals surface area contributed by atoms with Gasteiger partial charge in [0.05, 0.1) is 11.4 Å². The lowest BCUT2D eigenvalue weighted by atomic mass is 10.1. The third kappa shape index (κ3) is 4.08. The van der Waals surface area contributed by atoms with Crippen LogP contribution in [0.4, 0.5) is 11.4 Å². The number of nitrogens with zero attached hydrogens (tertiary/aromatic N) is 3. The number of hydrogen-bond donors (Lipinski definition) is 0. The monoisotopic (exact) mass is 367 g/mol. The van der Waals surface area contributed by atoms with Gasteiger partial charge in [-0.3, -0.25) is 0 Å². The van der Waals surface area contributed by atoms with Gasteiger partial charge in [0.25, 0.3) is 0 Å². The number of para-hydroxylation sites is 2. The van der Waals surface area contributed by atoms with Crippen LogP contribution in [-0.2, 0) is 0 Å². The molecule has 2 aromatic carbocycles. The van der Waals surface area contributed by atoms with Gasteiger partial charge in [-0.1, -0.05) is 42.4 Å². The number of hydrogen-bond acceptors (Lipinski definition) is 4. The lowest BCUT2D eigenvalue weighted by Crippen LogP contribution is -2.44. The van der Waals surface area contributed by atoms with Gasteiger partial charge in [0.15, 0.2) is 0 Å². The Balaban J connectivity index is 1.32. The SMILES string of the molecule is CN1CCN(CCCCCN2c3ccccc3Sc3ccccc32)CC1. The molecule has 2 aliphatic rings. The van der Waals surface area contributed by atoms with E-state index in [-0.39, 0.29) is 0 Å². The van der Waals surface area contributed by atoms with Gasteiger partial charge in [-0.2, -0.15) is 0 Å². The fourth-order valence-corrected chi connectivity index (χ4v) is 4.97. The first-order chi connectivity index (χ1) is 12.8. The Labute approximate surface area is 162 Å². The largest absolute Gasteiger partial charge is 0.340 e. The zero-order valence-corrected chi connectivity index (χ0v) is 16.5. The van der Waals surface area contributed by atoms with Gasteiger partial charge >= 0.3 is 0 Å². The predicted molar refractivity (Wildman–Crippen MR) is 112 cm³/mol. The molecule has 2 heterocycles. The van der Waals surface area contributed by atoms with Crippen LogP contribution in [0, 0.1) is 0 Å². The molecule has 26 heavy (non-hydrogen) atoms. The Morgan fingerprint density at radius 2 is 1.31 bits per heavy atom. The van der Waals surface area contributed by atoms with E-state index in [9.17, 15) is 0 Å². The summed E-state index contributed by atoms with van der Waals surface area (Å²) >= 11 is 1.90. The maximum atomic E-state index is 2.63. The molecule has 2 aromatic rings. The van der Waals surface area contributed by atoms with Crippen molar-refractivity contribution in [2.45, 2.75) is 29.1 Å². The summed E-state index contributed by atoms with van der Waals surface area (Å²) in [6.07, 6.45) is 3.87. The first-order valence-corrected chi connectivity index (χ1v) is 10.7. The van der Waals surface area contributed by atoms with E-state index in [4.69, 9.17) is 0 Å². The van der Waals surface area contributed by atoms with Crippen LogP contribution in [-0.4, -0.2) is 56.1 Å². The van der Waals surface area contributed by atoms with Crippen LogP contribution < -0.4 is 4.90 Å². The van der Waals surface area contributed by atoms with Crippen LogP contribution >= 0.6 is 11.8 Å². The van der Waals surface area contributed by atoms with Crippen molar-refractivity contribution >= 4 is 23.1 Å². The van der Waals surface area contributed by atoms with E-state index in [1.54, 1.807) is 0 Å². The predicted octanol–water partition coefficient (Wildman–Crippen LogP) is 4.71. The lowest BCUT2D eigenvalue weighted by Gasteiger charge is -2.33. The minimum atomic E-state index is 1.11. The highest BCUT2D eigenvalue weighted by Crippen LogP contribution is 2.47. The molecule has 2 aliphatic heterocycles. The van der Waals surface area contributed by atoms with Crippen molar-refractivity contribution < 1.29 is 0 Å². The molecular formula is C22H29N3S. The lowest BCUT2D eigenvalue weighted by molar-refractivity contribution is 0.152. The Kier molecular flexibility index (Phi) is 5.83. The normalized spacial score (nSPS) is 17.8. The fourth-order valence-electron chi connectivity index (χ4n) is 3.88. The highest BCUT2D eigenvalue weighted by atomic mass is 32.2. The second kappa shape index (κ2) is 8.47. The molecule has 138 valence electrons. The molecule has 0 saturated carbocycles. The van der Waals surface area contributed by atoms with E-state index >= 15 is 0 Å². The van der Waals surface area contributed by atoms with Gasteiger partial charge in [-0.25, -0.2) is 0 Å². The maximum Gasteiger partial charge on any atom is 0.0552 e. The maximum absolute atomic E-state index is 2.63. The molecule has 0 aliphatic carbocycles. The van der Waals surface area contributed by atoms with Crippen LogP contribution in [0.5, 0.6) is 0 Å². The standard InChI is InChI=1S/C22H29N3S/c1-23-15-17-24(18-16-23)13-7-2-8-14-25-19-9-3-5-11-21(19)26-22-12-6-4-10-20(22)25/h3-6,9-12H,2,7-8,13-18H2,1H3. The number of rotatable bonds is 6. The molecule has 0 bridgehead atoms. The molecule has 0 spiro atoms. The van der Waals surface area contributed by atoms with E-state index in [2.05, 4.69) is 70.3 Å². The smallest absolute Gasteiger partial charge is 0.0552 e. The number of piperazine rings is 1. The van der Waals surface area contributed by atoms with Gasteiger partial charge in [-0.15, -0.1) is 0 Å². The Morgan fingerprint density at radius 1 is 0.731 bits per heavy atom. The number of unbranched alkanes of at least 4 members (excludes halogenated alkanes) is 2. The molecule has 0 atom stereocenters. The molecular weight excluding hydrogens is 338 g/mol. The van der Waals surface area contributed by atoms with Gasteiger partial charge < -0.3 is 14.7 Å². The van der Waals surface area contributed by atoms with Crippen LogP contribution in [0.1, 0.15) is 19.3 Å². The topological polar surface area (TPSA) is 9.72 Å². The average molecular weight is 368 g/mol. The Morgan fingerprint density at radius 3 is 1.96 bits per heavy atom. The first kappa shape index (κ1) is 17.9. The van der Waals surface area contributed by atoms with E-state index in [0.717, 1.165) is 6.54 Å². The summed E-state index contributed by atoms with van der Waals surface area (Å²) in [4.78, 5) is 10.3. The van der Waals surface area contributed by atoms with Crippen molar-refractivity contribution in [1.82, 2.24) is 9.80 Å². The van der Waals surface area contributed by atoms with E-state index in [1.165, 1.54) is 73.2 Å². The molecule has 1 saturated heterocycles. The molecule has 3 nitrogen and oxygen atoms in total. The first-order valence-electron chi connectivity index (χ1n) is 9.85. The molecule has 0 unspecified atom stereocenters. The molecule has 4 heteroatoms. The minimum Gasteiger partial charge on any atom is -0.340 e. The summed E-state index contributed by atoms with van der Waals surface area (Å²) in [5, 5.41) is 0. The van der Waals surface area contributed by atoms with Crippen LogP contribution in [0.25, 0.3) is 0 Å². The second-order valence-corrected chi connectivity index (χ2v) is 8.48. The molecule has 0 N–H and O–H groups in total. The number of benzene rings is 2. The number of fused-ring (bicyclic) bond motifs is 2. The van der Waals surface area contributed by atoms with Crippen LogP contribution in [0.2, 0.25) is 0 Å². The van der Waals surface area contributed by atoms with Crippen molar-refractivity contribution in [3.8, 4) is 0 Å². The second-order valence-electron chi connectivity index (χ2n) is 7.39. The molecule has 0 aromatic heterocycles. The van der Waals surface area contributed by atoms with E-state index < -0.39 is 0 Å². The van der Waals surface area contributed by atoms with Crippen molar-refractivity contribution in [2.75, 3.05) is 51.2 Å². The third-order valence-corrected chi connectivity index (χ3v) is 6.61. The van der Waals surface area contributed by atoms with Crippen LogP contribution in [0.15, 0.2) is 58.3 Å². The van der Waals surface area contributed by atoms with E-state index in [0.29, 0.717) is 0 Å². The van der Waals surface area contributed by atoms with Gasteiger partial charge in [0.1, 0.15) is 0 Å². The average Bonchev–Trinajstić information content (AvgIpc) is 2.68. The minimum absolute atomic E-state index is 1.11. The summed E-state index contributed by atoms with van der Waals surface area (Å²) in [5.74, 6) is 0. The summed E-state index contributed by atoms with van der Waals surface area (Å²) < 4.78 is 0.